The lowest BCUT2D eigenvalue weighted by atomic mass is 10.2. The van der Waals surface area contributed by atoms with Gasteiger partial charge >= 0.3 is 5.97 Å². The van der Waals surface area contributed by atoms with Gasteiger partial charge in [-0.3, -0.25) is 0 Å². The number of hydrogen-bond acceptors (Lipinski definition) is 3. The molecule has 2 N–H and O–H groups in total. The van der Waals surface area contributed by atoms with Gasteiger partial charge in [-0.05, 0) is 12.1 Å². The number of aromatic carboxylic acids is 1. The fourth-order valence-electron chi connectivity index (χ4n) is 1.31. The molecule has 2 rings (SSSR count). The normalized spacial score (nSPS) is 10.2. The second-order valence-corrected chi connectivity index (χ2v) is 3.97. The number of anilines is 2. The lowest BCUT2D eigenvalue weighted by molar-refractivity contribution is 0.0698. The standard InChI is InChI=1S/C11H7F2NO2S/c12-7-2-1-3-8(13)10(7)14-9-5-17-4-6(9)11(15)16/h1-5,14H,(H,15,16). The van der Waals surface area contributed by atoms with Gasteiger partial charge in [0.2, 0.25) is 0 Å². The molecule has 0 unspecified atom stereocenters. The van der Waals surface area contributed by atoms with Crippen LogP contribution in [0.1, 0.15) is 10.4 Å². The molecule has 0 spiro atoms. The van der Waals surface area contributed by atoms with Crippen molar-refractivity contribution in [3.63, 3.8) is 0 Å². The molecule has 0 amide bonds. The third-order valence-electron chi connectivity index (χ3n) is 2.11. The molecule has 0 aliphatic rings. The Morgan fingerprint density at radius 2 is 1.88 bits per heavy atom. The Labute approximate surface area is 99.3 Å². The summed E-state index contributed by atoms with van der Waals surface area (Å²) < 4.78 is 26.7. The second kappa shape index (κ2) is 4.50. The summed E-state index contributed by atoms with van der Waals surface area (Å²) in [6, 6.07) is 3.43. The monoisotopic (exact) mass is 255 g/mol. The number of hydrogen-bond donors (Lipinski definition) is 2. The molecule has 0 saturated carbocycles. The molecule has 1 aromatic heterocycles. The van der Waals surface area contributed by atoms with Gasteiger partial charge in [0.05, 0.1) is 11.3 Å². The van der Waals surface area contributed by atoms with Gasteiger partial charge in [-0.2, -0.15) is 0 Å². The van der Waals surface area contributed by atoms with E-state index in [0.29, 0.717) is 0 Å². The topological polar surface area (TPSA) is 49.3 Å². The van der Waals surface area contributed by atoms with Crippen LogP contribution in [0.2, 0.25) is 0 Å². The first kappa shape index (κ1) is 11.5. The van der Waals surface area contributed by atoms with Crippen molar-refractivity contribution < 1.29 is 18.7 Å². The van der Waals surface area contributed by atoms with Crippen molar-refractivity contribution in [2.75, 3.05) is 5.32 Å². The minimum Gasteiger partial charge on any atom is -0.478 e. The molecular formula is C11H7F2NO2S. The quantitative estimate of drug-likeness (QED) is 0.882. The van der Waals surface area contributed by atoms with E-state index in [1.165, 1.54) is 16.8 Å². The number of thiophene rings is 1. The third-order valence-corrected chi connectivity index (χ3v) is 2.86. The Bertz CT molecular complexity index is 548. The summed E-state index contributed by atoms with van der Waals surface area (Å²) in [4.78, 5) is 10.8. The highest BCUT2D eigenvalue weighted by Crippen LogP contribution is 2.28. The average molecular weight is 255 g/mol. The van der Waals surface area contributed by atoms with Crippen LogP contribution in [0.3, 0.4) is 0 Å². The number of carbonyl (C=O) groups is 1. The number of para-hydroxylation sites is 1. The van der Waals surface area contributed by atoms with Crippen LogP contribution in [-0.2, 0) is 0 Å². The molecular weight excluding hydrogens is 248 g/mol. The number of carboxylic acid groups (broad SMARTS) is 1. The van der Waals surface area contributed by atoms with Gasteiger partial charge in [-0.1, -0.05) is 6.07 Å². The molecule has 0 fully saturated rings. The van der Waals surface area contributed by atoms with Crippen molar-refractivity contribution in [3.05, 3.63) is 46.2 Å². The van der Waals surface area contributed by atoms with Crippen LogP contribution in [0.25, 0.3) is 0 Å². The number of halogens is 2. The maximum Gasteiger partial charge on any atom is 0.338 e. The minimum atomic E-state index is -1.15. The van der Waals surface area contributed by atoms with Gasteiger partial charge in [0.15, 0.2) is 0 Å². The first-order valence-electron chi connectivity index (χ1n) is 4.60. The van der Waals surface area contributed by atoms with Crippen LogP contribution in [0.15, 0.2) is 29.0 Å². The molecule has 3 nitrogen and oxygen atoms in total. The van der Waals surface area contributed by atoms with Crippen LogP contribution in [0, 0.1) is 11.6 Å². The Morgan fingerprint density at radius 1 is 1.24 bits per heavy atom. The first-order valence-corrected chi connectivity index (χ1v) is 5.54. The third kappa shape index (κ3) is 2.26. The first-order chi connectivity index (χ1) is 8.09. The largest absolute Gasteiger partial charge is 0.478 e. The van der Waals surface area contributed by atoms with Gasteiger partial charge in [0.25, 0.3) is 0 Å². The molecule has 0 saturated heterocycles. The highest BCUT2D eigenvalue weighted by atomic mass is 32.1. The Hall–Kier alpha value is -1.95. The van der Waals surface area contributed by atoms with E-state index < -0.39 is 17.6 Å². The van der Waals surface area contributed by atoms with Crippen LogP contribution >= 0.6 is 11.3 Å². The van der Waals surface area contributed by atoms with E-state index in [1.807, 2.05) is 0 Å². The second-order valence-electron chi connectivity index (χ2n) is 3.23. The molecule has 1 aromatic carbocycles. The average Bonchev–Trinajstić information content (AvgIpc) is 2.72. The molecule has 88 valence electrons. The summed E-state index contributed by atoms with van der Waals surface area (Å²) in [5.41, 5.74) is -0.197. The molecule has 2 aromatic rings. The Kier molecular flexibility index (Phi) is 3.06. The lowest BCUT2D eigenvalue weighted by Crippen LogP contribution is -2.02. The maximum atomic E-state index is 13.3. The van der Waals surface area contributed by atoms with E-state index in [1.54, 1.807) is 0 Å². The van der Waals surface area contributed by atoms with E-state index in [-0.39, 0.29) is 16.9 Å². The fourth-order valence-corrected chi connectivity index (χ4v) is 2.07. The number of benzene rings is 1. The summed E-state index contributed by atoms with van der Waals surface area (Å²) >= 11 is 1.14. The summed E-state index contributed by atoms with van der Waals surface area (Å²) in [5.74, 6) is -2.69. The van der Waals surface area contributed by atoms with Crippen LogP contribution in [0.4, 0.5) is 20.2 Å². The van der Waals surface area contributed by atoms with E-state index in [0.717, 1.165) is 23.5 Å². The summed E-state index contributed by atoms with van der Waals surface area (Å²) in [6.07, 6.45) is 0. The van der Waals surface area contributed by atoms with E-state index in [4.69, 9.17) is 5.11 Å². The highest BCUT2D eigenvalue weighted by Gasteiger charge is 2.14. The van der Waals surface area contributed by atoms with E-state index in [9.17, 15) is 13.6 Å². The predicted molar refractivity (Wildman–Crippen MR) is 60.9 cm³/mol. The van der Waals surface area contributed by atoms with Crippen molar-refractivity contribution >= 4 is 28.7 Å². The summed E-state index contributed by atoms with van der Waals surface area (Å²) in [7, 11) is 0. The molecule has 0 bridgehead atoms. The van der Waals surface area contributed by atoms with Crippen molar-refractivity contribution in [3.8, 4) is 0 Å². The van der Waals surface area contributed by atoms with Crippen LogP contribution in [-0.4, -0.2) is 11.1 Å². The zero-order valence-electron chi connectivity index (χ0n) is 8.41. The van der Waals surface area contributed by atoms with Crippen molar-refractivity contribution in [2.24, 2.45) is 0 Å². The number of carboxylic acids is 1. The Balaban J connectivity index is 2.38. The molecule has 1 heterocycles. The van der Waals surface area contributed by atoms with E-state index >= 15 is 0 Å². The molecule has 17 heavy (non-hydrogen) atoms. The zero-order chi connectivity index (χ0) is 12.4. The van der Waals surface area contributed by atoms with Crippen molar-refractivity contribution in [1.29, 1.82) is 0 Å². The zero-order valence-corrected chi connectivity index (χ0v) is 9.22. The summed E-state index contributed by atoms with van der Waals surface area (Å²) in [5, 5.41) is 14.2. The molecule has 0 aliphatic heterocycles. The SMILES string of the molecule is O=C(O)c1cscc1Nc1c(F)cccc1F. The van der Waals surface area contributed by atoms with Gasteiger partial charge in [-0.25, -0.2) is 13.6 Å². The van der Waals surface area contributed by atoms with Gasteiger partial charge in [-0.15, -0.1) is 11.3 Å². The number of rotatable bonds is 3. The molecule has 0 radical (unpaired) electrons. The summed E-state index contributed by atoms with van der Waals surface area (Å²) in [6.45, 7) is 0. The lowest BCUT2D eigenvalue weighted by Gasteiger charge is -2.07. The fraction of sp³-hybridized carbons (Fsp3) is 0. The van der Waals surface area contributed by atoms with Gasteiger partial charge < -0.3 is 10.4 Å². The Morgan fingerprint density at radius 3 is 2.47 bits per heavy atom. The maximum absolute atomic E-state index is 13.3. The number of nitrogens with one attached hydrogen (secondary N) is 1. The molecule has 0 atom stereocenters. The highest BCUT2D eigenvalue weighted by molar-refractivity contribution is 7.08. The molecule has 0 aliphatic carbocycles. The smallest absolute Gasteiger partial charge is 0.338 e. The van der Waals surface area contributed by atoms with Crippen LogP contribution < -0.4 is 5.32 Å². The minimum absolute atomic E-state index is 0.0161. The molecule has 6 heteroatoms. The van der Waals surface area contributed by atoms with Crippen molar-refractivity contribution in [2.45, 2.75) is 0 Å². The van der Waals surface area contributed by atoms with Gasteiger partial charge in [0.1, 0.15) is 17.3 Å². The van der Waals surface area contributed by atoms with E-state index in [2.05, 4.69) is 5.32 Å². The predicted octanol–water partition coefficient (Wildman–Crippen LogP) is 3.47. The van der Waals surface area contributed by atoms with Gasteiger partial charge in [0, 0.05) is 10.8 Å². The van der Waals surface area contributed by atoms with Crippen molar-refractivity contribution in [1.82, 2.24) is 0 Å². The van der Waals surface area contributed by atoms with Crippen LogP contribution in [0.5, 0.6) is 0 Å².